The summed E-state index contributed by atoms with van der Waals surface area (Å²) in [6.45, 7) is 1.70. The molecule has 0 spiro atoms. The van der Waals surface area contributed by atoms with Crippen LogP contribution in [0.1, 0.15) is 22.8 Å². The summed E-state index contributed by atoms with van der Waals surface area (Å²) in [5.41, 5.74) is -0.420. The summed E-state index contributed by atoms with van der Waals surface area (Å²) in [5, 5.41) is 24.0. The van der Waals surface area contributed by atoms with Gasteiger partial charge in [-0.2, -0.15) is 0 Å². The molecule has 6 nitrogen and oxygen atoms in total. The Morgan fingerprint density at radius 1 is 1.33 bits per heavy atom. The number of nitrogens with zero attached hydrogens (tertiary/aromatic N) is 4. The van der Waals surface area contributed by atoms with Crippen LogP contribution < -0.4 is 0 Å². The first-order valence-electron chi connectivity index (χ1n) is 4.97. The lowest BCUT2D eigenvalue weighted by Crippen LogP contribution is -2.20. The molecule has 1 aromatic rings. The molecular weight excluding hydrogens is 279 g/mol. The highest BCUT2D eigenvalue weighted by atomic mass is 35.5. The van der Waals surface area contributed by atoms with Gasteiger partial charge >= 0.3 is 5.97 Å². The Bertz CT molecular complexity index is 559. The zero-order valence-corrected chi connectivity index (χ0v) is 10.8. The standard InChI is InChI=1S/C10H8Cl2N4O2/c1-10(13-15-16-14-10)4-6-7(11)3-2-5(8(6)12)9(17)18/h2-3H,4H2,1H3,(H,17,18). The Balaban J connectivity index is 2.44. The topological polar surface area (TPSA) is 86.7 Å². The molecule has 1 aliphatic heterocycles. The van der Waals surface area contributed by atoms with Gasteiger partial charge in [0, 0.05) is 11.4 Å². The van der Waals surface area contributed by atoms with E-state index in [2.05, 4.69) is 20.7 Å². The molecule has 0 saturated heterocycles. The molecule has 18 heavy (non-hydrogen) atoms. The molecule has 0 aliphatic carbocycles. The third-order valence-electron chi connectivity index (χ3n) is 2.49. The van der Waals surface area contributed by atoms with Gasteiger partial charge in [0.1, 0.15) is 0 Å². The van der Waals surface area contributed by atoms with E-state index in [1.54, 1.807) is 6.92 Å². The first kappa shape index (κ1) is 12.9. The third kappa shape index (κ3) is 2.34. The highest BCUT2D eigenvalue weighted by Crippen LogP contribution is 2.34. The van der Waals surface area contributed by atoms with Crippen molar-refractivity contribution < 1.29 is 9.90 Å². The molecule has 0 bridgehead atoms. The van der Waals surface area contributed by atoms with Crippen molar-refractivity contribution in [3.8, 4) is 0 Å². The summed E-state index contributed by atoms with van der Waals surface area (Å²) in [5.74, 6) is -1.11. The predicted octanol–water partition coefficient (Wildman–Crippen LogP) is 3.78. The van der Waals surface area contributed by atoms with Crippen LogP contribution in [0.15, 0.2) is 32.8 Å². The van der Waals surface area contributed by atoms with E-state index in [-0.39, 0.29) is 17.0 Å². The van der Waals surface area contributed by atoms with Crippen molar-refractivity contribution >= 4 is 29.2 Å². The molecule has 0 saturated carbocycles. The van der Waals surface area contributed by atoms with Crippen molar-refractivity contribution in [2.24, 2.45) is 20.7 Å². The second-order valence-electron chi connectivity index (χ2n) is 3.97. The molecule has 94 valence electrons. The largest absolute Gasteiger partial charge is 0.478 e. The Kier molecular flexibility index (Phi) is 3.32. The minimum absolute atomic E-state index is 0.00783. The molecular formula is C10H8Cl2N4O2. The third-order valence-corrected chi connectivity index (χ3v) is 3.27. The van der Waals surface area contributed by atoms with Gasteiger partial charge in [0.2, 0.25) is 0 Å². The monoisotopic (exact) mass is 286 g/mol. The predicted molar refractivity (Wildman–Crippen MR) is 65.2 cm³/mol. The van der Waals surface area contributed by atoms with E-state index < -0.39 is 11.6 Å². The van der Waals surface area contributed by atoms with Gasteiger partial charge in [-0.25, -0.2) is 4.79 Å². The van der Waals surface area contributed by atoms with E-state index in [4.69, 9.17) is 28.3 Å². The van der Waals surface area contributed by atoms with Gasteiger partial charge in [-0.3, -0.25) is 0 Å². The van der Waals surface area contributed by atoms with Crippen molar-refractivity contribution in [3.05, 3.63) is 33.3 Å². The molecule has 1 N–H and O–H groups in total. The van der Waals surface area contributed by atoms with Gasteiger partial charge in [-0.1, -0.05) is 23.2 Å². The number of benzene rings is 1. The van der Waals surface area contributed by atoms with Crippen LogP contribution in [-0.2, 0) is 6.42 Å². The molecule has 8 heteroatoms. The molecule has 1 heterocycles. The SMILES string of the molecule is CC1(Cc2c(Cl)ccc(C(=O)O)c2Cl)N=NN=N1. The molecule has 0 fully saturated rings. The van der Waals surface area contributed by atoms with Gasteiger partial charge in [0.25, 0.3) is 0 Å². The summed E-state index contributed by atoms with van der Waals surface area (Å²) in [4.78, 5) is 11.0. The van der Waals surface area contributed by atoms with Crippen LogP contribution in [0.5, 0.6) is 0 Å². The zero-order chi connectivity index (χ0) is 13.3. The average molecular weight is 287 g/mol. The molecule has 0 radical (unpaired) electrons. The normalized spacial score (nSPS) is 16.2. The summed E-state index contributed by atoms with van der Waals surface area (Å²) in [7, 11) is 0. The minimum Gasteiger partial charge on any atom is -0.478 e. The van der Waals surface area contributed by atoms with E-state index in [0.717, 1.165) is 0 Å². The van der Waals surface area contributed by atoms with Crippen LogP contribution in [0, 0.1) is 0 Å². The first-order chi connectivity index (χ1) is 8.43. The van der Waals surface area contributed by atoms with Gasteiger partial charge in [0.15, 0.2) is 5.66 Å². The molecule has 0 amide bonds. The quantitative estimate of drug-likeness (QED) is 0.916. The number of aromatic carboxylic acids is 1. The Morgan fingerprint density at radius 2 is 1.94 bits per heavy atom. The number of hydrogen-bond donors (Lipinski definition) is 1. The fraction of sp³-hybridized carbons (Fsp3) is 0.300. The van der Waals surface area contributed by atoms with E-state index >= 15 is 0 Å². The van der Waals surface area contributed by atoms with Gasteiger partial charge < -0.3 is 5.11 Å². The molecule has 0 atom stereocenters. The lowest BCUT2D eigenvalue weighted by atomic mass is 10.0. The van der Waals surface area contributed by atoms with Crippen molar-refractivity contribution in [3.63, 3.8) is 0 Å². The van der Waals surface area contributed by atoms with Crippen molar-refractivity contribution in [1.29, 1.82) is 0 Å². The summed E-state index contributed by atoms with van der Waals surface area (Å²) < 4.78 is 0. The number of halogens is 2. The number of carbonyl (C=O) groups is 1. The van der Waals surface area contributed by atoms with Gasteiger partial charge in [-0.05, 0) is 35.1 Å². The highest BCUT2D eigenvalue weighted by Gasteiger charge is 2.30. The van der Waals surface area contributed by atoms with Crippen LogP contribution in [0.4, 0.5) is 0 Å². The van der Waals surface area contributed by atoms with Crippen LogP contribution in [0.25, 0.3) is 0 Å². The molecule has 1 aliphatic rings. The second-order valence-corrected chi connectivity index (χ2v) is 4.75. The summed E-state index contributed by atoms with van der Waals surface area (Å²) in [6, 6.07) is 2.84. The van der Waals surface area contributed by atoms with E-state index in [9.17, 15) is 4.79 Å². The van der Waals surface area contributed by atoms with Crippen LogP contribution in [0.3, 0.4) is 0 Å². The first-order valence-corrected chi connectivity index (χ1v) is 5.73. The Hall–Kier alpha value is -1.53. The molecule has 1 aromatic carbocycles. The van der Waals surface area contributed by atoms with Crippen molar-refractivity contribution in [2.75, 3.05) is 0 Å². The minimum atomic E-state index is -1.11. The summed E-state index contributed by atoms with van der Waals surface area (Å²) in [6.07, 6.45) is 0.235. The average Bonchev–Trinajstić information content (AvgIpc) is 2.71. The fourth-order valence-electron chi connectivity index (χ4n) is 1.58. The maximum Gasteiger partial charge on any atom is 0.337 e. The molecule has 0 aromatic heterocycles. The Labute approximate surface area is 112 Å². The number of carboxylic acid groups (broad SMARTS) is 1. The van der Waals surface area contributed by atoms with E-state index in [0.29, 0.717) is 10.6 Å². The number of rotatable bonds is 3. The van der Waals surface area contributed by atoms with Gasteiger partial charge in [0.05, 0.1) is 10.6 Å². The zero-order valence-electron chi connectivity index (χ0n) is 9.26. The molecule has 0 unspecified atom stereocenters. The number of hydrogen-bond acceptors (Lipinski definition) is 5. The maximum atomic E-state index is 11.0. The smallest absolute Gasteiger partial charge is 0.337 e. The number of carboxylic acids is 1. The van der Waals surface area contributed by atoms with E-state index in [1.807, 2.05) is 0 Å². The Morgan fingerprint density at radius 3 is 2.50 bits per heavy atom. The lowest BCUT2D eigenvalue weighted by molar-refractivity contribution is 0.0697. The molecule has 2 rings (SSSR count). The van der Waals surface area contributed by atoms with Crippen molar-refractivity contribution in [1.82, 2.24) is 0 Å². The summed E-state index contributed by atoms with van der Waals surface area (Å²) >= 11 is 12.1. The van der Waals surface area contributed by atoms with Crippen molar-refractivity contribution in [2.45, 2.75) is 19.0 Å². The van der Waals surface area contributed by atoms with E-state index in [1.165, 1.54) is 12.1 Å². The second kappa shape index (κ2) is 4.62. The van der Waals surface area contributed by atoms with Crippen LogP contribution in [-0.4, -0.2) is 16.7 Å². The maximum absolute atomic E-state index is 11.0. The fourth-order valence-corrected chi connectivity index (χ4v) is 2.17. The van der Waals surface area contributed by atoms with Crippen LogP contribution >= 0.6 is 23.2 Å². The van der Waals surface area contributed by atoms with Crippen LogP contribution in [0.2, 0.25) is 10.0 Å². The lowest BCUT2D eigenvalue weighted by Gasteiger charge is -2.16. The van der Waals surface area contributed by atoms with Gasteiger partial charge in [-0.15, -0.1) is 10.2 Å². The highest BCUT2D eigenvalue weighted by molar-refractivity contribution is 6.37.